The summed E-state index contributed by atoms with van der Waals surface area (Å²) < 4.78 is 42.9. The van der Waals surface area contributed by atoms with Crippen LogP contribution in [0.4, 0.5) is 13.2 Å². The van der Waals surface area contributed by atoms with E-state index < -0.39 is 36.3 Å². The van der Waals surface area contributed by atoms with Crippen LogP contribution in [0.2, 0.25) is 0 Å². The number of hydrogen-bond donors (Lipinski definition) is 2. The minimum absolute atomic E-state index is 0.0749. The van der Waals surface area contributed by atoms with Crippen LogP contribution < -0.4 is 10.1 Å². The van der Waals surface area contributed by atoms with Crippen LogP contribution in [0.5, 0.6) is 5.75 Å². The van der Waals surface area contributed by atoms with E-state index in [2.05, 4.69) is 5.32 Å². The van der Waals surface area contributed by atoms with Crippen LogP contribution in [0, 0.1) is 0 Å². The van der Waals surface area contributed by atoms with Crippen LogP contribution in [-0.4, -0.2) is 29.6 Å². The quantitative estimate of drug-likeness (QED) is 0.789. The topological polar surface area (TPSA) is 75.6 Å². The molecule has 0 heterocycles. The number of rotatable bonds is 7. The van der Waals surface area contributed by atoms with Gasteiger partial charge in [0, 0.05) is 6.42 Å². The van der Waals surface area contributed by atoms with Gasteiger partial charge in [0.15, 0.2) is 6.61 Å². The first-order valence-electron chi connectivity index (χ1n) is 7.62. The summed E-state index contributed by atoms with van der Waals surface area (Å²) in [6, 6.07) is 11.6. The highest BCUT2D eigenvalue weighted by Gasteiger charge is 2.30. The van der Waals surface area contributed by atoms with Crippen LogP contribution in [-0.2, 0) is 22.2 Å². The van der Waals surface area contributed by atoms with E-state index in [1.165, 1.54) is 6.07 Å². The molecule has 1 amide bonds. The first-order valence-corrected chi connectivity index (χ1v) is 7.62. The first kappa shape index (κ1) is 19.3. The summed E-state index contributed by atoms with van der Waals surface area (Å²) in [5.74, 6) is -2.10. The number of carboxylic acids is 1. The standard InChI is InChI=1S/C18H16F3NO4/c19-18(20,21)13-7-4-8-14(10-13)26-11-16(23)22-15(17(24)25)9-12-5-2-1-3-6-12/h1-8,10,15H,9,11H2,(H,22,23)(H,24,25)/t15-/m1/s1. The molecule has 8 heteroatoms. The second-order valence-corrected chi connectivity index (χ2v) is 5.46. The molecular weight excluding hydrogens is 351 g/mol. The summed E-state index contributed by atoms with van der Waals surface area (Å²) in [6.07, 6.45) is -4.45. The molecule has 0 saturated carbocycles. The van der Waals surface area contributed by atoms with E-state index in [0.717, 1.165) is 23.8 Å². The van der Waals surface area contributed by atoms with Gasteiger partial charge in [-0.15, -0.1) is 0 Å². The predicted molar refractivity (Wildman–Crippen MR) is 86.7 cm³/mol. The van der Waals surface area contributed by atoms with Gasteiger partial charge in [-0.1, -0.05) is 36.4 Å². The van der Waals surface area contributed by atoms with Gasteiger partial charge in [0.1, 0.15) is 11.8 Å². The Balaban J connectivity index is 1.93. The number of hydrogen-bond acceptors (Lipinski definition) is 3. The molecule has 2 aromatic carbocycles. The van der Waals surface area contributed by atoms with E-state index in [0.29, 0.717) is 0 Å². The largest absolute Gasteiger partial charge is 0.484 e. The lowest BCUT2D eigenvalue weighted by atomic mass is 10.1. The van der Waals surface area contributed by atoms with E-state index in [4.69, 9.17) is 4.74 Å². The van der Waals surface area contributed by atoms with E-state index >= 15 is 0 Å². The molecule has 0 aliphatic heterocycles. The van der Waals surface area contributed by atoms with Gasteiger partial charge in [0.25, 0.3) is 5.91 Å². The number of benzene rings is 2. The van der Waals surface area contributed by atoms with Gasteiger partial charge in [-0.25, -0.2) is 4.79 Å². The zero-order valence-corrected chi connectivity index (χ0v) is 13.5. The lowest BCUT2D eigenvalue weighted by Gasteiger charge is -2.15. The Hall–Kier alpha value is -3.03. The molecule has 0 fully saturated rings. The third kappa shape index (κ3) is 5.80. The van der Waals surface area contributed by atoms with Gasteiger partial charge in [-0.05, 0) is 23.8 Å². The summed E-state index contributed by atoms with van der Waals surface area (Å²) >= 11 is 0. The molecule has 0 aliphatic rings. The Kier molecular flexibility index (Phi) is 6.21. The number of aliphatic carboxylic acids is 1. The fourth-order valence-electron chi connectivity index (χ4n) is 2.20. The third-order valence-electron chi connectivity index (χ3n) is 3.45. The molecule has 1 atom stereocenters. The summed E-state index contributed by atoms with van der Waals surface area (Å²) in [5.41, 5.74) is -0.179. The average Bonchev–Trinajstić information content (AvgIpc) is 2.60. The van der Waals surface area contributed by atoms with Crippen molar-refractivity contribution in [1.29, 1.82) is 0 Å². The predicted octanol–water partition coefficient (Wildman–Crippen LogP) is 2.90. The third-order valence-corrected chi connectivity index (χ3v) is 3.45. The monoisotopic (exact) mass is 367 g/mol. The molecule has 0 radical (unpaired) electrons. The molecule has 5 nitrogen and oxygen atoms in total. The minimum Gasteiger partial charge on any atom is -0.484 e. The van der Waals surface area contributed by atoms with Crippen LogP contribution >= 0.6 is 0 Å². The Labute approximate surface area is 147 Å². The summed E-state index contributed by atoms with van der Waals surface area (Å²) in [4.78, 5) is 23.2. The summed E-state index contributed by atoms with van der Waals surface area (Å²) in [7, 11) is 0. The lowest BCUT2D eigenvalue weighted by molar-refractivity contribution is -0.142. The number of carboxylic acid groups (broad SMARTS) is 1. The molecule has 0 spiro atoms. The van der Waals surface area contributed by atoms with E-state index in [-0.39, 0.29) is 12.2 Å². The molecule has 0 unspecified atom stereocenters. The molecule has 0 bridgehead atoms. The Morgan fingerprint density at radius 3 is 2.38 bits per heavy atom. The van der Waals surface area contributed by atoms with E-state index in [9.17, 15) is 27.9 Å². The van der Waals surface area contributed by atoms with Gasteiger partial charge < -0.3 is 15.2 Å². The highest BCUT2D eigenvalue weighted by Crippen LogP contribution is 2.31. The smallest absolute Gasteiger partial charge is 0.416 e. The highest BCUT2D eigenvalue weighted by atomic mass is 19.4. The molecule has 2 aromatic rings. The van der Waals surface area contributed by atoms with Gasteiger partial charge in [0.2, 0.25) is 0 Å². The molecule has 0 aliphatic carbocycles. The van der Waals surface area contributed by atoms with Crippen molar-refractivity contribution in [3.8, 4) is 5.75 Å². The van der Waals surface area contributed by atoms with Crippen LogP contribution in [0.1, 0.15) is 11.1 Å². The van der Waals surface area contributed by atoms with Crippen molar-refractivity contribution in [1.82, 2.24) is 5.32 Å². The molecule has 26 heavy (non-hydrogen) atoms. The SMILES string of the molecule is O=C(COc1cccc(C(F)(F)F)c1)N[C@H](Cc1ccccc1)C(=O)O. The molecule has 0 aromatic heterocycles. The average molecular weight is 367 g/mol. The number of halogens is 3. The van der Waals surface area contributed by atoms with E-state index in [1.54, 1.807) is 30.3 Å². The molecule has 138 valence electrons. The van der Waals surface area contributed by atoms with Gasteiger partial charge in [-0.2, -0.15) is 13.2 Å². The summed E-state index contributed by atoms with van der Waals surface area (Å²) in [5, 5.41) is 11.5. The Morgan fingerprint density at radius 1 is 1.08 bits per heavy atom. The highest BCUT2D eigenvalue weighted by molar-refractivity contribution is 5.84. The van der Waals surface area contributed by atoms with Crippen molar-refractivity contribution in [3.05, 3.63) is 65.7 Å². The van der Waals surface area contributed by atoms with Crippen molar-refractivity contribution in [2.24, 2.45) is 0 Å². The van der Waals surface area contributed by atoms with Crippen molar-refractivity contribution in [3.63, 3.8) is 0 Å². The number of alkyl halides is 3. The number of amides is 1. The van der Waals surface area contributed by atoms with Gasteiger partial charge >= 0.3 is 12.1 Å². The molecule has 2 N–H and O–H groups in total. The normalized spacial score (nSPS) is 12.3. The molecular formula is C18H16F3NO4. The fraction of sp³-hybridized carbons (Fsp3) is 0.222. The van der Waals surface area contributed by atoms with Crippen LogP contribution in [0.25, 0.3) is 0 Å². The lowest BCUT2D eigenvalue weighted by Crippen LogP contribution is -2.44. The second-order valence-electron chi connectivity index (χ2n) is 5.46. The Morgan fingerprint density at radius 2 is 1.77 bits per heavy atom. The zero-order chi connectivity index (χ0) is 19.2. The minimum atomic E-state index is -4.52. The van der Waals surface area contributed by atoms with Gasteiger partial charge in [0.05, 0.1) is 5.56 Å². The maximum absolute atomic E-state index is 12.6. The maximum atomic E-state index is 12.6. The van der Waals surface area contributed by atoms with Crippen LogP contribution in [0.3, 0.4) is 0 Å². The molecule has 2 rings (SSSR count). The fourth-order valence-corrected chi connectivity index (χ4v) is 2.20. The number of carbonyl (C=O) groups is 2. The van der Waals surface area contributed by atoms with E-state index in [1.807, 2.05) is 0 Å². The Bertz CT molecular complexity index is 763. The van der Waals surface area contributed by atoms with Crippen LogP contribution in [0.15, 0.2) is 54.6 Å². The maximum Gasteiger partial charge on any atom is 0.416 e. The summed E-state index contributed by atoms with van der Waals surface area (Å²) in [6.45, 7) is -0.597. The first-order chi connectivity index (χ1) is 12.3. The number of ether oxygens (including phenoxy) is 1. The second kappa shape index (κ2) is 8.37. The number of carbonyl (C=O) groups excluding carboxylic acids is 1. The van der Waals surface area contributed by atoms with Crippen molar-refractivity contribution < 1.29 is 32.6 Å². The van der Waals surface area contributed by atoms with Gasteiger partial charge in [-0.3, -0.25) is 4.79 Å². The number of nitrogens with one attached hydrogen (secondary N) is 1. The van der Waals surface area contributed by atoms with Crippen molar-refractivity contribution in [2.75, 3.05) is 6.61 Å². The van der Waals surface area contributed by atoms with Crippen molar-refractivity contribution >= 4 is 11.9 Å². The molecule has 0 saturated heterocycles. The van der Waals surface area contributed by atoms with Crippen molar-refractivity contribution in [2.45, 2.75) is 18.6 Å². The zero-order valence-electron chi connectivity index (χ0n) is 13.5.